The summed E-state index contributed by atoms with van der Waals surface area (Å²) in [5, 5.41) is 21.2. The third-order valence-corrected chi connectivity index (χ3v) is 3.49. The van der Waals surface area contributed by atoms with Gasteiger partial charge >= 0.3 is 0 Å². The highest BCUT2D eigenvalue weighted by molar-refractivity contribution is 5.51. The molecule has 0 fully saturated rings. The molecule has 0 saturated carbocycles. The molecule has 0 aliphatic rings. The van der Waals surface area contributed by atoms with Gasteiger partial charge in [-0.05, 0) is 24.3 Å². The molecule has 0 spiro atoms. The van der Waals surface area contributed by atoms with E-state index >= 15 is 0 Å². The zero-order valence-electron chi connectivity index (χ0n) is 14.3. The third kappa shape index (κ3) is 4.52. The van der Waals surface area contributed by atoms with Crippen molar-refractivity contribution in [2.45, 2.75) is 6.10 Å². The molecule has 138 valence electrons. The van der Waals surface area contributed by atoms with Crippen molar-refractivity contribution in [3.63, 3.8) is 0 Å². The highest BCUT2D eigenvalue weighted by Gasteiger charge is 2.16. The van der Waals surface area contributed by atoms with Crippen molar-refractivity contribution in [3.05, 3.63) is 47.5 Å². The molecule has 6 nitrogen and oxygen atoms in total. The Bertz CT molecular complexity index is 763. The summed E-state index contributed by atoms with van der Waals surface area (Å²) in [5.41, 5.74) is -0.546. The van der Waals surface area contributed by atoms with Crippen molar-refractivity contribution >= 4 is 5.69 Å². The number of para-hydroxylation sites is 1. The van der Waals surface area contributed by atoms with Crippen LogP contribution in [0, 0.1) is 23.0 Å². The van der Waals surface area contributed by atoms with Gasteiger partial charge in [0.1, 0.15) is 18.4 Å². The van der Waals surface area contributed by atoms with Gasteiger partial charge in [-0.3, -0.25) is 0 Å². The van der Waals surface area contributed by atoms with Gasteiger partial charge in [0.25, 0.3) is 0 Å². The SMILES string of the molecule is COc1cccc(OC)c1OCC(O)CNc1c(F)cc(C#N)cc1F. The average Bonchev–Trinajstić information content (AvgIpc) is 2.64. The number of halogens is 2. The smallest absolute Gasteiger partial charge is 0.203 e. The minimum Gasteiger partial charge on any atom is -0.493 e. The van der Waals surface area contributed by atoms with Gasteiger partial charge in [-0.15, -0.1) is 0 Å². The lowest BCUT2D eigenvalue weighted by Gasteiger charge is -2.17. The number of hydrogen-bond acceptors (Lipinski definition) is 6. The first-order valence-electron chi connectivity index (χ1n) is 7.65. The third-order valence-electron chi connectivity index (χ3n) is 3.49. The normalized spacial score (nSPS) is 11.4. The van der Waals surface area contributed by atoms with Gasteiger partial charge in [0.05, 0.1) is 25.9 Å². The van der Waals surface area contributed by atoms with Crippen LogP contribution in [0.5, 0.6) is 17.2 Å². The Kier molecular flexibility index (Phi) is 6.58. The molecule has 2 aromatic rings. The lowest BCUT2D eigenvalue weighted by Crippen LogP contribution is -2.27. The highest BCUT2D eigenvalue weighted by atomic mass is 19.1. The Morgan fingerprint density at radius 2 is 1.73 bits per heavy atom. The van der Waals surface area contributed by atoms with Crippen molar-refractivity contribution in [2.24, 2.45) is 0 Å². The lowest BCUT2D eigenvalue weighted by atomic mass is 10.2. The van der Waals surface area contributed by atoms with E-state index in [9.17, 15) is 13.9 Å². The second-order valence-electron chi connectivity index (χ2n) is 5.26. The average molecular weight is 364 g/mol. The molecule has 0 saturated heterocycles. The maximum atomic E-state index is 13.8. The number of benzene rings is 2. The van der Waals surface area contributed by atoms with Gasteiger partial charge < -0.3 is 24.6 Å². The van der Waals surface area contributed by atoms with Crippen LogP contribution in [0.4, 0.5) is 14.5 Å². The summed E-state index contributed by atoms with van der Waals surface area (Å²) in [5.74, 6) is -0.670. The largest absolute Gasteiger partial charge is 0.493 e. The summed E-state index contributed by atoms with van der Waals surface area (Å²) >= 11 is 0. The molecule has 1 unspecified atom stereocenters. The van der Waals surface area contributed by atoms with Crippen LogP contribution in [0.1, 0.15) is 5.56 Å². The zero-order chi connectivity index (χ0) is 19.1. The number of nitriles is 1. The second kappa shape index (κ2) is 8.87. The lowest BCUT2D eigenvalue weighted by molar-refractivity contribution is 0.113. The molecule has 0 aliphatic heterocycles. The molecular weight excluding hydrogens is 346 g/mol. The molecule has 26 heavy (non-hydrogen) atoms. The van der Waals surface area contributed by atoms with E-state index in [1.807, 2.05) is 0 Å². The fourth-order valence-electron chi connectivity index (χ4n) is 2.22. The summed E-state index contributed by atoms with van der Waals surface area (Å²) < 4.78 is 43.5. The number of ether oxygens (including phenoxy) is 3. The molecule has 0 radical (unpaired) electrons. The van der Waals surface area contributed by atoms with E-state index in [0.717, 1.165) is 12.1 Å². The number of methoxy groups -OCH3 is 2. The maximum Gasteiger partial charge on any atom is 0.203 e. The number of aliphatic hydroxyl groups is 1. The molecule has 2 N–H and O–H groups in total. The van der Waals surface area contributed by atoms with Gasteiger partial charge in [-0.1, -0.05) is 6.07 Å². The Labute approximate surface area is 149 Å². The number of rotatable bonds is 8. The first-order chi connectivity index (χ1) is 12.5. The number of nitrogens with zero attached hydrogens (tertiary/aromatic N) is 1. The predicted molar refractivity (Wildman–Crippen MR) is 90.6 cm³/mol. The van der Waals surface area contributed by atoms with Crippen LogP contribution in [0.15, 0.2) is 30.3 Å². The number of aliphatic hydroxyl groups excluding tert-OH is 1. The van der Waals surface area contributed by atoms with Crippen molar-refractivity contribution in [1.82, 2.24) is 0 Å². The Balaban J connectivity index is 1.99. The van der Waals surface area contributed by atoms with Crippen molar-refractivity contribution in [1.29, 1.82) is 5.26 Å². The topological polar surface area (TPSA) is 83.7 Å². The molecular formula is C18H18F2N2O4. The van der Waals surface area contributed by atoms with E-state index in [0.29, 0.717) is 17.2 Å². The second-order valence-corrected chi connectivity index (χ2v) is 5.26. The quantitative estimate of drug-likeness (QED) is 0.749. The molecule has 0 bridgehead atoms. The van der Waals surface area contributed by atoms with Gasteiger partial charge in [0.2, 0.25) is 5.75 Å². The fourth-order valence-corrected chi connectivity index (χ4v) is 2.22. The molecule has 0 aromatic heterocycles. The summed E-state index contributed by atoms with van der Waals surface area (Å²) in [6.07, 6.45) is -1.07. The molecule has 1 atom stereocenters. The first-order valence-corrected chi connectivity index (χ1v) is 7.65. The van der Waals surface area contributed by atoms with Crippen LogP contribution < -0.4 is 19.5 Å². The Hall–Kier alpha value is -3.05. The van der Waals surface area contributed by atoms with E-state index in [1.165, 1.54) is 14.2 Å². The fraction of sp³-hybridized carbons (Fsp3) is 0.278. The van der Waals surface area contributed by atoms with E-state index in [-0.39, 0.29) is 18.7 Å². The number of hydrogen-bond donors (Lipinski definition) is 2. The molecule has 0 heterocycles. The van der Waals surface area contributed by atoms with Crippen molar-refractivity contribution in [3.8, 4) is 23.3 Å². The summed E-state index contributed by atoms with van der Waals surface area (Å²) in [7, 11) is 2.94. The minimum absolute atomic E-state index is 0.127. The van der Waals surface area contributed by atoms with Crippen LogP contribution in [0.25, 0.3) is 0 Å². The summed E-state index contributed by atoms with van der Waals surface area (Å²) in [4.78, 5) is 0. The Morgan fingerprint density at radius 1 is 1.15 bits per heavy atom. The van der Waals surface area contributed by atoms with Crippen LogP contribution in [-0.2, 0) is 0 Å². The van der Waals surface area contributed by atoms with E-state index < -0.39 is 23.4 Å². The van der Waals surface area contributed by atoms with E-state index in [2.05, 4.69) is 5.32 Å². The number of anilines is 1. The Morgan fingerprint density at radius 3 is 2.23 bits per heavy atom. The molecule has 2 aromatic carbocycles. The van der Waals surface area contributed by atoms with Gasteiger partial charge in [0.15, 0.2) is 23.1 Å². The van der Waals surface area contributed by atoms with Crippen LogP contribution in [0.3, 0.4) is 0 Å². The maximum absolute atomic E-state index is 13.8. The summed E-state index contributed by atoms with van der Waals surface area (Å²) in [6.45, 7) is -0.333. The molecule has 0 amide bonds. The summed E-state index contributed by atoms with van der Waals surface area (Å²) in [6, 6.07) is 8.54. The van der Waals surface area contributed by atoms with Crippen molar-refractivity contribution < 1.29 is 28.1 Å². The minimum atomic E-state index is -1.07. The van der Waals surface area contributed by atoms with Gasteiger partial charge in [0, 0.05) is 6.54 Å². The molecule has 0 aliphatic carbocycles. The van der Waals surface area contributed by atoms with Crippen LogP contribution >= 0.6 is 0 Å². The monoisotopic (exact) mass is 364 g/mol. The van der Waals surface area contributed by atoms with Crippen LogP contribution in [-0.4, -0.2) is 38.6 Å². The zero-order valence-corrected chi connectivity index (χ0v) is 14.3. The highest BCUT2D eigenvalue weighted by Crippen LogP contribution is 2.36. The first kappa shape index (κ1) is 19.3. The predicted octanol–water partition coefficient (Wildman–Crippen LogP) is 2.71. The number of nitrogens with one attached hydrogen (secondary N) is 1. The van der Waals surface area contributed by atoms with E-state index in [4.69, 9.17) is 19.5 Å². The van der Waals surface area contributed by atoms with Gasteiger partial charge in [-0.25, -0.2) is 8.78 Å². The molecule has 8 heteroatoms. The molecule has 2 rings (SSSR count). The van der Waals surface area contributed by atoms with Crippen molar-refractivity contribution in [2.75, 3.05) is 32.7 Å². The van der Waals surface area contributed by atoms with Crippen LogP contribution in [0.2, 0.25) is 0 Å². The van der Waals surface area contributed by atoms with Gasteiger partial charge in [-0.2, -0.15) is 5.26 Å². The standard InChI is InChI=1S/C18H18F2N2O4/c1-24-15-4-3-5-16(25-2)18(15)26-10-12(23)9-22-17-13(19)6-11(8-21)7-14(17)20/h3-7,12,22-23H,9-10H2,1-2H3. The van der Waals surface area contributed by atoms with E-state index in [1.54, 1.807) is 24.3 Å².